The highest BCUT2D eigenvalue weighted by Crippen LogP contribution is 2.23. The molecular formula is C9H17NO2. The molecule has 0 spiro atoms. The predicted octanol–water partition coefficient (Wildman–Crippen LogP) is 1.39. The van der Waals surface area contributed by atoms with E-state index in [1.165, 1.54) is 19.3 Å². The van der Waals surface area contributed by atoms with Crippen molar-refractivity contribution in [2.75, 3.05) is 0 Å². The fourth-order valence-electron chi connectivity index (χ4n) is 1.31. The van der Waals surface area contributed by atoms with Crippen LogP contribution in [0.1, 0.15) is 26.2 Å². The molecule has 0 unspecified atom stereocenters. The molecule has 0 heterocycles. The van der Waals surface area contributed by atoms with Crippen LogP contribution < -0.4 is 5.73 Å². The zero-order chi connectivity index (χ0) is 9.56. The van der Waals surface area contributed by atoms with Crippen LogP contribution in [0.3, 0.4) is 0 Å². The number of aliphatic carboxylic acids is 1. The Hall–Kier alpha value is -0.830. The van der Waals surface area contributed by atoms with Gasteiger partial charge in [-0.2, -0.15) is 0 Å². The van der Waals surface area contributed by atoms with Gasteiger partial charge in [0.25, 0.3) is 5.97 Å². The average Bonchev–Trinajstić information content (AvgIpc) is 2.33. The van der Waals surface area contributed by atoms with Gasteiger partial charge in [0.05, 0.1) is 0 Å². The quantitative estimate of drug-likeness (QED) is 0.586. The molecule has 0 radical (unpaired) electrons. The highest BCUT2D eigenvalue weighted by molar-refractivity contribution is 5.62. The minimum Gasteiger partial charge on any atom is -0.481 e. The molecule has 0 saturated heterocycles. The summed E-state index contributed by atoms with van der Waals surface area (Å²) in [6.07, 6.45) is 5.72. The van der Waals surface area contributed by atoms with Crippen molar-refractivity contribution < 1.29 is 9.90 Å². The van der Waals surface area contributed by atoms with Gasteiger partial charge >= 0.3 is 0 Å². The second kappa shape index (κ2) is 5.77. The smallest absolute Gasteiger partial charge is 0.300 e. The summed E-state index contributed by atoms with van der Waals surface area (Å²) in [5.74, 6) is -0.227. The number of carboxylic acid groups (broad SMARTS) is 1. The van der Waals surface area contributed by atoms with Crippen LogP contribution >= 0.6 is 0 Å². The van der Waals surface area contributed by atoms with Crippen molar-refractivity contribution in [1.29, 1.82) is 0 Å². The molecule has 0 aromatic carbocycles. The van der Waals surface area contributed by atoms with Gasteiger partial charge in [-0.05, 0) is 18.8 Å². The van der Waals surface area contributed by atoms with Gasteiger partial charge in [-0.1, -0.05) is 12.5 Å². The van der Waals surface area contributed by atoms with Crippen LogP contribution in [0.2, 0.25) is 0 Å². The van der Waals surface area contributed by atoms with E-state index >= 15 is 0 Å². The molecule has 1 aliphatic rings. The van der Waals surface area contributed by atoms with Crippen LogP contribution in [-0.4, -0.2) is 17.1 Å². The van der Waals surface area contributed by atoms with Gasteiger partial charge in [0.2, 0.25) is 0 Å². The Morgan fingerprint density at radius 1 is 1.67 bits per heavy atom. The van der Waals surface area contributed by atoms with Crippen molar-refractivity contribution in [3.05, 3.63) is 12.7 Å². The lowest BCUT2D eigenvalue weighted by molar-refractivity contribution is -0.134. The summed E-state index contributed by atoms with van der Waals surface area (Å²) in [4.78, 5) is 9.00. The Morgan fingerprint density at radius 3 is 2.33 bits per heavy atom. The van der Waals surface area contributed by atoms with Crippen LogP contribution in [0.15, 0.2) is 12.7 Å². The molecule has 1 aliphatic carbocycles. The summed E-state index contributed by atoms with van der Waals surface area (Å²) < 4.78 is 0. The second-order valence-electron chi connectivity index (χ2n) is 3.01. The SMILES string of the molecule is C=C[C@H]1CCC[C@@H]1N.CC(=O)O. The lowest BCUT2D eigenvalue weighted by atomic mass is 10.1. The molecule has 12 heavy (non-hydrogen) atoms. The Labute approximate surface area is 73.3 Å². The number of hydrogen-bond acceptors (Lipinski definition) is 2. The van der Waals surface area contributed by atoms with Crippen LogP contribution in [0, 0.1) is 5.92 Å². The normalized spacial score (nSPS) is 27.2. The molecule has 0 aliphatic heterocycles. The number of nitrogens with two attached hydrogens (primary N) is 1. The largest absolute Gasteiger partial charge is 0.481 e. The summed E-state index contributed by atoms with van der Waals surface area (Å²) in [5.41, 5.74) is 5.72. The Balaban J connectivity index is 0.000000261. The lowest BCUT2D eigenvalue weighted by Crippen LogP contribution is -2.22. The standard InChI is InChI=1S/C7H13N.C2H4O2/c1-2-6-4-3-5-7(6)8;1-2(3)4/h2,6-7H,1,3-5,8H2;1H3,(H,3,4)/t6-,7-;/m0./s1. The molecule has 0 aromatic rings. The fourth-order valence-corrected chi connectivity index (χ4v) is 1.31. The third-order valence-electron chi connectivity index (χ3n) is 1.93. The zero-order valence-corrected chi connectivity index (χ0v) is 7.49. The van der Waals surface area contributed by atoms with Crippen molar-refractivity contribution in [3.8, 4) is 0 Å². The Kier molecular flexibility index (Phi) is 5.37. The van der Waals surface area contributed by atoms with E-state index in [9.17, 15) is 0 Å². The molecule has 0 aromatic heterocycles. The van der Waals surface area contributed by atoms with E-state index in [4.69, 9.17) is 15.6 Å². The summed E-state index contributed by atoms with van der Waals surface area (Å²) in [6, 6.07) is 0.410. The third kappa shape index (κ3) is 4.91. The third-order valence-corrected chi connectivity index (χ3v) is 1.93. The summed E-state index contributed by atoms with van der Waals surface area (Å²) in [6.45, 7) is 4.80. The van der Waals surface area contributed by atoms with E-state index in [1.807, 2.05) is 6.08 Å². The Morgan fingerprint density at radius 2 is 2.17 bits per heavy atom. The van der Waals surface area contributed by atoms with E-state index < -0.39 is 5.97 Å². The number of carboxylic acids is 1. The highest BCUT2D eigenvalue weighted by atomic mass is 16.4. The zero-order valence-electron chi connectivity index (χ0n) is 7.49. The van der Waals surface area contributed by atoms with Gasteiger partial charge in [0.1, 0.15) is 0 Å². The molecule has 3 N–H and O–H groups in total. The van der Waals surface area contributed by atoms with E-state index in [0.717, 1.165) is 6.92 Å². The maximum Gasteiger partial charge on any atom is 0.300 e. The number of rotatable bonds is 1. The van der Waals surface area contributed by atoms with E-state index in [0.29, 0.717) is 12.0 Å². The molecule has 1 saturated carbocycles. The first-order valence-electron chi connectivity index (χ1n) is 4.15. The van der Waals surface area contributed by atoms with E-state index in [1.54, 1.807) is 0 Å². The first kappa shape index (κ1) is 11.2. The van der Waals surface area contributed by atoms with Crippen LogP contribution in [-0.2, 0) is 4.79 Å². The van der Waals surface area contributed by atoms with Crippen LogP contribution in [0.5, 0.6) is 0 Å². The summed E-state index contributed by atoms with van der Waals surface area (Å²) >= 11 is 0. The predicted molar refractivity (Wildman–Crippen MR) is 48.8 cm³/mol. The molecule has 1 fully saturated rings. The van der Waals surface area contributed by atoms with Crippen molar-refractivity contribution >= 4 is 5.97 Å². The van der Waals surface area contributed by atoms with Gasteiger partial charge in [0, 0.05) is 13.0 Å². The molecule has 3 heteroatoms. The van der Waals surface area contributed by atoms with Gasteiger partial charge < -0.3 is 10.8 Å². The minimum absolute atomic E-state index is 0.410. The maximum atomic E-state index is 9.00. The topological polar surface area (TPSA) is 63.3 Å². The van der Waals surface area contributed by atoms with Gasteiger partial charge in [0.15, 0.2) is 0 Å². The lowest BCUT2D eigenvalue weighted by Gasteiger charge is -2.07. The van der Waals surface area contributed by atoms with Crippen molar-refractivity contribution in [2.24, 2.45) is 11.7 Å². The molecule has 3 nitrogen and oxygen atoms in total. The van der Waals surface area contributed by atoms with Gasteiger partial charge in [-0.3, -0.25) is 4.79 Å². The molecule has 70 valence electrons. The van der Waals surface area contributed by atoms with Crippen molar-refractivity contribution in [1.82, 2.24) is 0 Å². The summed E-state index contributed by atoms with van der Waals surface area (Å²) in [7, 11) is 0. The highest BCUT2D eigenvalue weighted by Gasteiger charge is 2.19. The molecule has 0 amide bonds. The van der Waals surface area contributed by atoms with E-state index in [-0.39, 0.29) is 0 Å². The molecule has 0 bridgehead atoms. The molecule has 1 rings (SSSR count). The van der Waals surface area contributed by atoms with Gasteiger partial charge in [-0.15, -0.1) is 6.58 Å². The maximum absolute atomic E-state index is 9.00. The molecule has 2 atom stereocenters. The Bertz CT molecular complexity index is 153. The van der Waals surface area contributed by atoms with Crippen LogP contribution in [0.25, 0.3) is 0 Å². The van der Waals surface area contributed by atoms with E-state index in [2.05, 4.69) is 6.58 Å². The first-order valence-corrected chi connectivity index (χ1v) is 4.15. The number of carbonyl (C=O) groups is 1. The number of hydrogen-bond donors (Lipinski definition) is 2. The fraction of sp³-hybridized carbons (Fsp3) is 0.667. The minimum atomic E-state index is -0.833. The van der Waals surface area contributed by atoms with Crippen molar-refractivity contribution in [3.63, 3.8) is 0 Å². The average molecular weight is 171 g/mol. The monoisotopic (exact) mass is 171 g/mol. The first-order chi connectivity index (χ1) is 5.57. The molecular weight excluding hydrogens is 154 g/mol. The van der Waals surface area contributed by atoms with Crippen molar-refractivity contribution in [2.45, 2.75) is 32.2 Å². The second-order valence-corrected chi connectivity index (χ2v) is 3.01. The van der Waals surface area contributed by atoms with Gasteiger partial charge in [-0.25, -0.2) is 0 Å². The van der Waals surface area contributed by atoms with Crippen LogP contribution in [0.4, 0.5) is 0 Å². The summed E-state index contributed by atoms with van der Waals surface area (Å²) in [5, 5.41) is 7.42.